The van der Waals surface area contributed by atoms with Crippen molar-refractivity contribution in [3.8, 4) is 0 Å². The van der Waals surface area contributed by atoms with Gasteiger partial charge in [0.2, 0.25) is 5.91 Å². The molecule has 1 heterocycles. The predicted molar refractivity (Wildman–Crippen MR) is 135 cm³/mol. The van der Waals surface area contributed by atoms with Gasteiger partial charge in [0.25, 0.3) is 5.91 Å². The molecule has 0 saturated carbocycles. The van der Waals surface area contributed by atoms with Gasteiger partial charge in [0.15, 0.2) is 5.11 Å². The molecule has 0 bridgehead atoms. The van der Waals surface area contributed by atoms with E-state index in [4.69, 9.17) is 23.8 Å². The maximum atomic E-state index is 13.4. The Hall–Kier alpha value is -3.22. The van der Waals surface area contributed by atoms with Crippen LogP contribution in [0.15, 0.2) is 84.9 Å². The lowest BCUT2D eigenvalue weighted by molar-refractivity contribution is -0.131. The zero-order valence-electron chi connectivity index (χ0n) is 18.0. The number of benzene rings is 3. The first-order valence-corrected chi connectivity index (χ1v) is 11.5. The van der Waals surface area contributed by atoms with Gasteiger partial charge in [-0.15, -0.1) is 0 Å². The molecule has 1 aliphatic heterocycles. The molecule has 0 aliphatic carbocycles. The van der Waals surface area contributed by atoms with Gasteiger partial charge in [-0.2, -0.15) is 0 Å². The molecule has 0 spiro atoms. The number of halogens is 1. The molecule has 3 aromatic carbocycles. The molecule has 0 unspecified atom stereocenters. The summed E-state index contributed by atoms with van der Waals surface area (Å²) in [5.41, 5.74) is 2.77. The smallest absolute Gasteiger partial charge is 0.252 e. The Labute approximate surface area is 204 Å². The molecule has 1 atom stereocenters. The van der Waals surface area contributed by atoms with Crippen molar-refractivity contribution in [1.82, 2.24) is 9.80 Å². The molecule has 0 aromatic heterocycles. The number of anilines is 1. The zero-order valence-corrected chi connectivity index (χ0v) is 19.6. The zero-order chi connectivity index (χ0) is 23.2. The lowest BCUT2D eigenvalue weighted by atomic mass is 10.1. The SMILES string of the molecule is O=C(C[C@@H]1C(=O)N(Cc2ccccc2)C(=S)N1CCc1ccccc1)Nc1ccc(Cl)cc1. The van der Waals surface area contributed by atoms with Gasteiger partial charge >= 0.3 is 0 Å². The number of carbonyl (C=O) groups excluding carboxylic acids is 2. The summed E-state index contributed by atoms with van der Waals surface area (Å²) in [6.07, 6.45) is 0.740. The maximum Gasteiger partial charge on any atom is 0.252 e. The molecule has 4 rings (SSSR count). The van der Waals surface area contributed by atoms with E-state index in [1.807, 2.05) is 65.6 Å². The molecule has 1 saturated heterocycles. The molecule has 33 heavy (non-hydrogen) atoms. The summed E-state index contributed by atoms with van der Waals surface area (Å²) in [6, 6.07) is 26.0. The third kappa shape index (κ3) is 5.78. The molecule has 0 radical (unpaired) electrons. The van der Waals surface area contributed by atoms with Crippen LogP contribution in [0.5, 0.6) is 0 Å². The van der Waals surface area contributed by atoms with E-state index in [-0.39, 0.29) is 18.2 Å². The van der Waals surface area contributed by atoms with E-state index in [1.54, 1.807) is 29.2 Å². The lowest BCUT2D eigenvalue weighted by Crippen LogP contribution is -2.39. The molecular weight excluding hydrogens is 454 g/mol. The van der Waals surface area contributed by atoms with Crippen LogP contribution in [0.1, 0.15) is 17.5 Å². The highest BCUT2D eigenvalue weighted by molar-refractivity contribution is 7.80. The fourth-order valence-corrected chi connectivity index (χ4v) is 4.37. The third-order valence-electron chi connectivity index (χ3n) is 5.58. The van der Waals surface area contributed by atoms with Crippen LogP contribution in [0.4, 0.5) is 5.69 Å². The van der Waals surface area contributed by atoms with Gasteiger partial charge in [-0.05, 0) is 54.0 Å². The van der Waals surface area contributed by atoms with Crippen molar-refractivity contribution in [2.24, 2.45) is 0 Å². The Morgan fingerprint density at radius 2 is 1.52 bits per heavy atom. The van der Waals surface area contributed by atoms with E-state index in [9.17, 15) is 9.59 Å². The second-order valence-corrected chi connectivity index (χ2v) is 8.70. The largest absolute Gasteiger partial charge is 0.336 e. The number of nitrogens with one attached hydrogen (secondary N) is 1. The van der Waals surface area contributed by atoms with Crippen LogP contribution in [0.25, 0.3) is 0 Å². The van der Waals surface area contributed by atoms with Gasteiger partial charge in [0.05, 0.1) is 13.0 Å². The second-order valence-electron chi connectivity index (χ2n) is 7.90. The minimum absolute atomic E-state index is 0.0156. The summed E-state index contributed by atoms with van der Waals surface area (Å²) in [7, 11) is 0. The van der Waals surface area contributed by atoms with Crippen molar-refractivity contribution >= 4 is 46.4 Å². The number of thiocarbonyl (C=S) groups is 1. The lowest BCUT2D eigenvalue weighted by Gasteiger charge is -2.24. The number of hydrogen-bond acceptors (Lipinski definition) is 3. The van der Waals surface area contributed by atoms with Gasteiger partial charge in [0.1, 0.15) is 6.04 Å². The fourth-order valence-electron chi connectivity index (χ4n) is 3.87. The molecule has 1 N–H and O–H groups in total. The molecule has 1 aliphatic rings. The first-order chi connectivity index (χ1) is 16.0. The number of carbonyl (C=O) groups is 2. The summed E-state index contributed by atoms with van der Waals surface area (Å²) >= 11 is 11.6. The van der Waals surface area contributed by atoms with E-state index < -0.39 is 6.04 Å². The predicted octanol–water partition coefficient (Wildman–Crippen LogP) is 4.91. The summed E-state index contributed by atoms with van der Waals surface area (Å²) in [4.78, 5) is 29.7. The Bertz CT molecular complexity index is 1120. The summed E-state index contributed by atoms with van der Waals surface area (Å²) in [6.45, 7) is 0.939. The Kier molecular flexibility index (Phi) is 7.37. The Morgan fingerprint density at radius 3 is 2.15 bits per heavy atom. The number of rotatable bonds is 8. The highest BCUT2D eigenvalue weighted by Gasteiger charge is 2.43. The van der Waals surface area contributed by atoms with Gasteiger partial charge in [0, 0.05) is 17.3 Å². The minimum Gasteiger partial charge on any atom is -0.336 e. The number of hydrogen-bond donors (Lipinski definition) is 1. The molecule has 168 valence electrons. The molecule has 5 nitrogen and oxygen atoms in total. The first kappa shape index (κ1) is 23.0. The van der Waals surface area contributed by atoms with E-state index >= 15 is 0 Å². The van der Waals surface area contributed by atoms with E-state index in [0.29, 0.717) is 28.9 Å². The van der Waals surface area contributed by atoms with Crippen LogP contribution < -0.4 is 5.32 Å². The van der Waals surface area contributed by atoms with Crippen molar-refractivity contribution in [3.63, 3.8) is 0 Å². The van der Waals surface area contributed by atoms with Crippen LogP contribution >= 0.6 is 23.8 Å². The average Bonchev–Trinajstić information content (AvgIpc) is 3.04. The summed E-state index contributed by atoms with van der Waals surface area (Å²) in [5.74, 6) is -0.395. The van der Waals surface area contributed by atoms with Crippen LogP contribution in [0.2, 0.25) is 5.02 Å². The summed E-state index contributed by atoms with van der Waals surface area (Å²) < 4.78 is 0. The molecule has 2 amide bonds. The Balaban J connectivity index is 1.50. The van der Waals surface area contributed by atoms with Gasteiger partial charge < -0.3 is 10.2 Å². The van der Waals surface area contributed by atoms with E-state index in [1.165, 1.54) is 0 Å². The van der Waals surface area contributed by atoms with Crippen molar-refractivity contribution in [3.05, 3.63) is 101 Å². The molecular formula is C26H24ClN3O2S. The van der Waals surface area contributed by atoms with Crippen LogP contribution in [0, 0.1) is 0 Å². The van der Waals surface area contributed by atoms with Gasteiger partial charge in [-0.1, -0.05) is 72.3 Å². The normalized spacial score (nSPS) is 15.7. The second kappa shape index (κ2) is 10.6. The van der Waals surface area contributed by atoms with Gasteiger partial charge in [-0.25, -0.2) is 0 Å². The monoisotopic (exact) mass is 477 g/mol. The molecule has 7 heteroatoms. The van der Waals surface area contributed by atoms with E-state index in [2.05, 4.69) is 5.32 Å². The third-order valence-corrected chi connectivity index (χ3v) is 6.29. The van der Waals surface area contributed by atoms with Crippen LogP contribution in [-0.4, -0.2) is 39.3 Å². The molecule has 3 aromatic rings. The van der Waals surface area contributed by atoms with E-state index in [0.717, 1.165) is 17.5 Å². The van der Waals surface area contributed by atoms with Crippen molar-refractivity contribution in [2.75, 3.05) is 11.9 Å². The van der Waals surface area contributed by atoms with Gasteiger partial charge in [-0.3, -0.25) is 14.5 Å². The number of amides is 2. The Morgan fingerprint density at radius 1 is 0.909 bits per heavy atom. The number of nitrogens with zero attached hydrogens (tertiary/aromatic N) is 2. The van der Waals surface area contributed by atoms with Crippen molar-refractivity contribution in [2.45, 2.75) is 25.4 Å². The topological polar surface area (TPSA) is 52.7 Å². The standard InChI is InChI=1S/C26H24ClN3O2S/c27-21-11-13-22(14-12-21)28-24(31)17-23-25(32)30(18-20-9-5-2-6-10-20)26(33)29(23)16-15-19-7-3-1-4-8-19/h1-14,23H,15-18H2,(H,28,31)/t23-/m1/s1. The first-order valence-electron chi connectivity index (χ1n) is 10.8. The highest BCUT2D eigenvalue weighted by Crippen LogP contribution is 2.24. The van der Waals surface area contributed by atoms with Crippen molar-refractivity contribution in [1.29, 1.82) is 0 Å². The van der Waals surface area contributed by atoms with Crippen LogP contribution in [0.3, 0.4) is 0 Å². The fraction of sp³-hybridized carbons (Fsp3) is 0.192. The molecule has 1 fully saturated rings. The highest BCUT2D eigenvalue weighted by atomic mass is 35.5. The van der Waals surface area contributed by atoms with Crippen LogP contribution in [-0.2, 0) is 22.6 Å². The average molecular weight is 478 g/mol. The van der Waals surface area contributed by atoms with Crippen molar-refractivity contribution < 1.29 is 9.59 Å². The quantitative estimate of drug-likeness (QED) is 0.468. The minimum atomic E-state index is -0.641. The maximum absolute atomic E-state index is 13.4. The summed E-state index contributed by atoms with van der Waals surface area (Å²) in [5, 5.41) is 3.90.